The molecule has 2 saturated heterocycles. The van der Waals surface area contributed by atoms with Crippen LogP contribution in [-0.2, 0) is 9.59 Å². The van der Waals surface area contributed by atoms with Crippen LogP contribution in [0.5, 0.6) is 5.75 Å². The van der Waals surface area contributed by atoms with Crippen LogP contribution < -0.4 is 10.1 Å². The van der Waals surface area contributed by atoms with Crippen LogP contribution in [0.1, 0.15) is 56.3 Å². The number of carbonyl (C=O) groups is 3. The highest BCUT2D eigenvalue weighted by Crippen LogP contribution is 2.25. The van der Waals surface area contributed by atoms with Crippen molar-refractivity contribution >= 4 is 17.7 Å². The van der Waals surface area contributed by atoms with E-state index in [1.165, 1.54) is 0 Å². The maximum absolute atomic E-state index is 13.3. The summed E-state index contributed by atoms with van der Waals surface area (Å²) in [6, 6.07) is 6.34. The minimum Gasteiger partial charge on any atom is -0.497 e. The van der Waals surface area contributed by atoms with E-state index in [0.717, 1.165) is 38.8 Å². The quantitative estimate of drug-likeness (QED) is 0.723. The Labute approximate surface area is 185 Å². The summed E-state index contributed by atoms with van der Waals surface area (Å²) < 4.78 is 5.16. The number of benzene rings is 1. The second-order valence-corrected chi connectivity index (χ2v) is 9.03. The van der Waals surface area contributed by atoms with Gasteiger partial charge in [0.25, 0.3) is 5.91 Å². The molecular weight excluding hydrogens is 394 g/mol. The summed E-state index contributed by atoms with van der Waals surface area (Å²) in [6.45, 7) is 6.87. The molecule has 1 N–H and O–H groups in total. The first kappa shape index (κ1) is 23.1. The van der Waals surface area contributed by atoms with Gasteiger partial charge in [-0.15, -0.1) is 0 Å². The highest BCUT2D eigenvalue weighted by Gasteiger charge is 2.36. The monoisotopic (exact) mass is 429 g/mol. The molecule has 170 valence electrons. The van der Waals surface area contributed by atoms with Crippen molar-refractivity contribution in [1.82, 2.24) is 15.1 Å². The average molecular weight is 430 g/mol. The summed E-state index contributed by atoms with van der Waals surface area (Å²) in [6.07, 6.45) is 4.00. The zero-order chi connectivity index (χ0) is 22.4. The lowest BCUT2D eigenvalue weighted by atomic mass is 9.88. The lowest BCUT2D eigenvalue weighted by Gasteiger charge is -2.37. The third-order valence-electron chi connectivity index (χ3n) is 6.27. The van der Waals surface area contributed by atoms with Crippen molar-refractivity contribution in [1.29, 1.82) is 0 Å². The fourth-order valence-corrected chi connectivity index (χ4v) is 4.44. The molecule has 7 nitrogen and oxygen atoms in total. The van der Waals surface area contributed by atoms with Crippen LogP contribution in [0.25, 0.3) is 0 Å². The molecule has 7 heteroatoms. The van der Waals surface area contributed by atoms with Gasteiger partial charge >= 0.3 is 0 Å². The SMILES string of the molecule is COc1ccc(C(=O)N[C@H](C(=O)N2CCCC2)C2CCN(C(=O)CC(C)C)CC2)cc1. The van der Waals surface area contributed by atoms with E-state index in [1.807, 2.05) is 23.6 Å². The number of nitrogens with one attached hydrogen (secondary N) is 1. The van der Waals surface area contributed by atoms with Crippen molar-refractivity contribution in [3.8, 4) is 5.75 Å². The Hall–Kier alpha value is -2.57. The molecule has 0 spiro atoms. The minimum atomic E-state index is -0.560. The largest absolute Gasteiger partial charge is 0.497 e. The van der Waals surface area contributed by atoms with Gasteiger partial charge in [0.15, 0.2) is 0 Å². The number of methoxy groups -OCH3 is 1. The summed E-state index contributed by atoms with van der Waals surface area (Å²) in [5, 5.41) is 3.02. The molecule has 3 rings (SSSR count). The summed E-state index contributed by atoms with van der Waals surface area (Å²) in [7, 11) is 1.58. The van der Waals surface area contributed by atoms with Gasteiger partial charge in [-0.05, 0) is 61.8 Å². The zero-order valence-electron chi connectivity index (χ0n) is 18.9. The predicted octanol–water partition coefficient (Wildman–Crippen LogP) is 2.70. The second kappa shape index (κ2) is 10.6. The topological polar surface area (TPSA) is 79.0 Å². The molecule has 0 aliphatic carbocycles. The molecule has 31 heavy (non-hydrogen) atoms. The van der Waals surface area contributed by atoms with Crippen molar-refractivity contribution in [3.05, 3.63) is 29.8 Å². The predicted molar refractivity (Wildman–Crippen MR) is 119 cm³/mol. The van der Waals surface area contributed by atoms with Gasteiger partial charge in [-0.25, -0.2) is 0 Å². The van der Waals surface area contributed by atoms with E-state index < -0.39 is 6.04 Å². The number of amides is 3. The van der Waals surface area contributed by atoms with Crippen LogP contribution >= 0.6 is 0 Å². The van der Waals surface area contributed by atoms with Crippen LogP contribution in [0.3, 0.4) is 0 Å². The molecule has 2 heterocycles. The fourth-order valence-electron chi connectivity index (χ4n) is 4.44. The van der Waals surface area contributed by atoms with Gasteiger partial charge in [-0.3, -0.25) is 14.4 Å². The number of piperidine rings is 1. The fraction of sp³-hybridized carbons (Fsp3) is 0.625. The van der Waals surface area contributed by atoms with Gasteiger partial charge < -0.3 is 19.9 Å². The molecule has 0 bridgehead atoms. The summed E-state index contributed by atoms with van der Waals surface area (Å²) in [4.78, 5) is 42.4. The van der Waals surface area contributed by atoms with E-state index in [4.69, 9.17) is 4.74 Å². The molecular formula is C24H35N3O4. The number of hydrogen-bond acceptors (Lipinski definition) is 4. The van der Waals surface area contributed by atoms with Crippen molar-refractivity contribution in [2.24, 2.45) is 11.8 Å². The van der Waals surface area contributed by atoms with Crippen molar-refractivity contribution in [3.63, 3.8) is 0 Å². The van der Waals surface area contributed by atoms with Crippen molar-refractivity contribution < 1.29 is 19.1 Å². The van der Waals surface area contributed by atoms with Crippen molar-refractivity contribution in [2.75, 3.05) is 33.3 Å². The Kier molecular flexibility index (Phi) is 7.93. The van der Waals surface area contributed by atoms with Crippen LogP contribution in [0.2, 0.25) is 0 Å². The molecule has 2 fully saturated rings. The molecule has 0 unspecified atom stereocenters. The standard InChI is InChI=1S/C24H35N3O4/c1-17(2)16-21(28)26-14-10-18(11-15-26)22(24(30)27-12-4-5-13-27)25-23(29)19-6-8-20(31-3)9-7-19/h6-9,17-18,22H,4-5,10-16H2,1-3H3,(H,25,29)/t22-/m0/s1. The van der Waals surface area contributed by atoms with Crippen LogP contribution in [0, 0.1) is 11.8 Å². The highest BCUT2D eigenvalue weighted by atomic mass is 16.5. The number of nitrogens with zero attached hydrogens (tertiary/aromatic N) is 2. The summed E-state index contributed by atoms with van der Waals surface area (Å²) in [5.41, 5.74) is 0.504. The van der Waals surface area contributed by atoms with Gasteiger partial charge in [0.2, 0.25) is 11.8 Å². The van der Waals surface area contributed by atoms with E-state index >= 15 is 0 Å². The molecule has 1 aromatic carbocycles. The van der Waals surface area contributed by atoms with Gasteiger partial charge in [-0.1, -0.05) is 13.8 Å². The molecule has 1 atom stereocenters. The Morgan fingerprint density at radius 1 is 1.00 bits per heavy atom. The zero-order valence-corrected chi connectivity index (χ0v) is 18.9. The lowest BCUT2D eigenvalue weighted by molar-refractivity contribution is -0.135. The molecule has 1 aromatic rings. The van der Waals surface area contributed by atoms with Gasteiger partial charge in [0.05, 0.1) is 7.11 Å². The third kappa shape index (κ3) is 5.99. The van der Waals surface area contributed by atoms with Crippen molar-refractivity contribution in [2.45, 2.75) is 52.0 Å². The van der Waals surface area contributed by atoms with Crippen LogP contribution in [0.4, 0.5) is 0 Å². The van der Waals surface area contributed by atoms with E-state index in [1.54, 1.807) is 31.4 Å². The first-order chi connectivity index (χ1) is 14.9. The molecule has 0 radical (unpaired) electrons. The van der Waals surface area contributed by atoms with E-state index in [2.05, 4.69) is 5.32 Å². The molecule has 0 saturated carbocycles. The first-order valence-electron chi connectivity index (χ1n) is 11.4. The first-order valence-corrected chi connectivity index (χ1v) is 11.4. The number of likely N-dealkylation sites (tertiary alicyclic amines) is 2. The summed E-state index contributed by atoms with van der Waals surface area (Å²) >= 11 is 0. The Morgan fingerprint density at radius 2 is 1.61 bits per heavy atom. The normalized spacial score (nSPS) is 18.2. The Bertz CT molecular complexity index is 764. The van der Waals surface area contributed by atoms with Crippen LogP contribution in [-0.4, -0.2) is 66.9 Å². The van der Waals surface area contributed by atoms with Crippen LogP contribution in [0.15, 0.2) is 24.3 Å². The van der Waals surface area contributed by atoms with E-state index in [9.17, 15) is 14.4 Å². The average Bonchev–Trinajstić information content (AvgIpc) is 3.31. The molecule has 2 aliphatic heterocycles. The molecule has 3 amide bonds. The third-order valence-corrected chi connectivity index (χ3v) is 6.27. The molecule has 2 aliphatic rings. The highest BCUT2D eigenvalue weighted by molar-refractivity contribution is 5.97. The maximum atomic E-state index is 13.3. The summed E-state index contributed by atoms with van der Waals surface area (Å²) in [5.74, 6) is 0.972. The Morgan fingerprint density at radius 3 is 2.16 bits per heavy atom. The van der Waals surface area contributed by atoms with Gasteiger partial charge in [0, 0.05) is 38.2 Å². The number of carbonyl (C=O) groups excluding carboxylic acids is 3. The molecule has 0 aromatic heterocycles. The lowest BCUT2D eigenvalue weighted by Crippen LogP contribution is -2.54. The van der Waals surface area contributed by atoms with Gasteiger partial charge in [-0.2, -0.15) is 0 Å². The number of hydrogen-bond donors (Lipinski definition) is 1. The number of rotatable bonds is 7. The smallest absolute Gasteiger partial charge is 0.251 e. The van der Waals surface area contributed by atoms with E-state index in [0.29, 0.717) is 36.7 Å². The second-order valence-electron chi connectivity index (χ2n) is 9.03. The number of ether oxygens (including phenoxy) is 1. The van der Waals surface area contributed by atoms with E-state index in [-0.39, 0.29) is 23.6 Å². The minimum absolute atomic E-state index is 0.00585. The Balaban J connectivity index is 1.68. The van der Waals surface area contributed by atoms with Gasteiger partial charge in [0.1, 0.15) is 11.8 Å². The maximum Gasteiger partial charge on any atom is 0.251 e.